The number of carbonyl (C=O) groups is 1. The second-order valence-electron chi connectivity index (χ2n) is 4.27. The fourth-order valence-corrected chi connectivity index (χ4v) is 2.32. The minimum Gasteiger partial charge on any atom is -0.357 e. The van der Waals surface area contributed by atoms with Crippen LogP contribution in [0.3, 0.4) is 0 Å². The Labute approximate surface area is 93.4 Å². The standard InChI is InChI=1S/C12H13N3O/c16-12(10-5-2-6-13-10)15-14-11-7-8-3-1-4-9(8)11/h1-3,5-6,8-9,13H,4,7H2,(H,15,16)/b14-11-/t8-,9+/m1/s1. The average Bonchev–Trinajstić information content (AvgIpc) is 2.88. The molecule has 0 bridgehead atoms. The van der Waals surface area contributed by atoms with Gasteiger partial charge in [0.1, 0.15) is 5.69 Å². The first-order valence-corrected chi connectivity index (χ1v) is 5.51. The number of aromatic nitrogens is 1. The number of nitrogens with zero attached hydrogens (tertiary/aromatic N) is 1. The Hall–Kier alpha value is -1.84. The normalized spacial score (nSPS) is 28.9. The lowest BCUT2D eigenvalue weighted by atomic mass is 9.74. The highest BCUT2D eigenvalue weighted by atomic mass is 16.2. The molecule has 4 heteroatoms. The molecule has 0 aliphatic heterocycles. The van der Waals surface area contributed by atoms with Crippen molar-refractivity contribution < 1.29 is 4.79 Å². The minimum atomic E-state index is -0.174. The molecule has 4 nitrogen and oxygen atoms in total. The van der Waals surface area contributed by atoms with E-state index >= 15 is 0 Å². The molecule has 1 aromatic rings. The quantitative estimate of drug-likeness (QED) is 0.572. The second kappa shape index (κ2) is 3.63. The van der Waals surface area contributed by atoms with Gasteiger partial charge >= 0.3 is 0 Å². The number of hydrogen-bond acceptors (Lipinski definition) is 2. The highest BCUT2D eigenvalue weighted by molar-refractivity contribution is 5.97. The maximum atomic E-state index is 11.6. The van der Waals surface area contributed by atoms with Gasteiger partial charge in [0.2, 0.25) is 0 Å². The summed E-state index contributed by atoms with van der Waals surface area (Å²) in [6.07, 6.45) is 8.23. The number of hydrogen-bond donors (Lipinski definition) is 2. The zero-order valence-corrected chi connectivity index (χ0v) is 8.81. The average molecular weight is 215 g/mol. The molecule has 16 heavy (non-hydrogen) atoms. The smallest absolute Gasteiger partial charge is 0.287 e. The molecular formula is C12H13N3O. The van der Waals surface area contributed by atoms with Crippen molar-refractivity contribution in [1.29, 1.82) is 0 Å². The van der Waals surface area contributed by atoms with E-state index in [1.807, 2.05) is 0 Å². The van der Waals surface area contributed by atoms with Gasteiger partial charge in [-0.1, -0.05) is 12.2 Å². The number of fused-ring (bicyclic) bond motifs is 1. The van der Waals surface area contributed by atoms with Crippen LogP contribution in [-0.4, -0.2) is 16.6 Å². The molecule has 3 rings (SSSR count). The van der Waals surface area contributed by atoms with Crippen molar-refractivity contribution in [3.8, 4) is 0 Å². The third-order valence-electron chi connectivity index (χ3n) is 3.31. The van der Waals surface area contributed by atoms with E-state index in [2.05, 4.69) is 27.7 Å². The van der Waals surface area contributed by atoms with E-state index in [1.165, 1.54) is 0 Å². The van der Waals surface area contributed by atoms with E-state index in [9.17, 15) is 4.79 Å². The molecule has 0 aromatic carbocycles. The molecule has 1 fully saturated rings. The fraction of sp³-hybridized carbons (Fsp3) is 0.333. The zero-order valence-electron chi connectivity index (χ0n) is 8.81. The van der Waals surface area contributed by atoms with Crippen LogP contribution in [-0.2, 0) is 0 Å². The van der Waals surface area contributed by atoms with Crippen LogP contribution in [0, 0.1) is 11.8 Å². The van der Waals surface area contributed by atoms with Crippen LogP contribution in [0.15, 0.2) is 35.6 Å². The van der Waals surface area contributed by atoms with Crippen LogP contribution >= 0.6 is 0 Å². The number of hydrazone groups is 1. The lowest BCUT2D eigenvalue weighted by molar-refractivity contribution is 0.0949. The van der Waals surface area contributed by atoms with Gasteiger partial charge < -0.3 is 4.98 Å². The summed E-state index contributed by atoms with van der Waals surface area (Å²) in [5, 5.41) is 4.19. The first-order valence-electron chi connectivity index (χ1n) is 5.51. The number of carbonyl (C=O) groups excluding carboxylic acids is 1. The van der Waals surface area contributed by atoms with Gasteiger partial charge in [0.25, 0.3) is 5.91 Å². The van der Waals surface area contributed by atoms with Gasteiger partial charge in [-0.2, -0.15) is 5.10 Å². The third-order valence-corrected chi connectivity index (χ3v) is 3.31. The number of H-pyrrole nitrogens is 1. The van der Waals surface area contributed by atoms with Crippen LogP contribution < -0.4 is 5.43 Å². The first-order chi connectivity index (χ1) is 7.84. The lowest BCUT2D eigenvalue weighted by Crippen LogP contribution is -2.35. The molecule has 2 aliphatic carbocycles. The first kappa shape index (κ1) is 9.39. The van der Waals surface area contributed by atoms with E-state index in [0.29, 0.717) is 17.5 Å². The summed E-state index contributed by atoms with van der Waals surface area (Å²) in [5.41, 5.74) is 4.26. The molecular weight excluding hydrogens is 202 g/mol. The van der Waals surface area contributed by atoms with Gasteiger partial charge in [-0.05, 0) is 30.9 Å². The van der Waals surface area contributed by atoms with Gasteiger partial charge in [-0.3, -0.25) is 4.79 Å². The van der Waals surface area contributed by atoms with E-state index in [1.54, 1.807) is 18.3 Å². The SMILES string of the molecule is O=C(N/N=C1/C[C@H]2C=CC[C@H]12)c1ccc[nH]1. The summed E-state index contributed by atoms with van der Waals surface area (Å²) in [5.74, 6) is 1.04. The Bertz CT molecular complexity index is 459. The maximum absolute atomic E-state index is 11.6. The summed E-state index contributed by atoms with van der Waals surface area (Å²) in [4.78, 5) is 14.4. The fourth-order valence-electron chi connectivity index (χ4n) is 2.32. The van der Waals surface area contributed by atoms with Gasteiger partial charge in [0.05, 0.1) is 0 Å². The summed E-state index contributed by atoms with van der Waals surface area (Å²) in [6.45, 7) is 0. The van der Waals surface area contributed by atoms with Gasteiger partial charge in [0, 0.05) is 17.8 Å². The number of rotatable bonds is 2. The summed E-state index contributed by atoms with van der Waals surface area (Å²) in [7, 11) is 0. The predicted molar refractivity (Wildman–Crippen MR) is 61.0 cm³/mol. The molecule has 1 heterocycles. The van der Waals surface area contributed by atoms with Crippen molar-refractivity contribution in [3.63, 3.8) is 0 Å². The Morgan fingerprint density at radius 1 is 1.56 bits per heavy atom. The number of amides is 1. The van der Waals surface area contributed by atoms with Crippen LogP contribution in [0.25, 0.3) is 0 Å². The van der Waals surface area contributed by atoms with Crippen molar-refractivity contribution in [2.24, 2.45) is 16.9 Å². The van der Waals surface area contributed by atoms with Crippen LogP contribution in [0.5, 0.6) is 0 Å². The van der Waals surface area contributed by atoms with E-state index < -0.39 is 0 Å². The van der Waals surface area contributed by atoms with Crippen molar-refractivity contribution in [2.45, 2.75) is 12.8 Å². The molecule has 2 atom stereocenters. The number of aromatic amines is 1. The Morgan fingerprint density at radius 3 is 3.25 bits per heavy atom. The summed E-state index contributed by atoms with van der Waals surface area (Å²) < 4.78 is 0. The molecule has 0 saturated heterocycles. The largest absolute Gasteiger partial charge is 0.357 e. The molecule has 1 aromatic heterocycles. The van der Waals surface area contributed by atoms with Gasteiger partial charge in [0.15, 0.2) is 0 Å². The molecule has 0 radical (unpaired) electrons. The molecule has 82 valence electrons. The maximum Gasteiger partial charge on any atom is 0.287 e. The highest BCUT2D eigenvalue weighted by Crippen LogP contribution is 2.39. The number of allylic oxidation sites excluding steroid dienone is 2. The Balaban J connectivity index is 1.61. The molecule has 2 N–H and O–H groups in total. The molecule has 1 saturated carbocycles. The topological polar surface area (TPSA) is 57.2 Å². The van der Waals surface area contributed by atoms with E-state index in [4.69, 9.17) is 0 Å². The predicted octanol–water partition coefficient (Wildman–Crippen LogP) is 1.70. The molecule has 2 aliphatic rings. The third kappa shape index (κ3) is 1.46. The van der Waals surface area contributed by atoms with Crippen LogP contribution in [0.2, 0.25) is 0 Å². The Morgan fingerprint density at radius 2 is 2.50 bits per heavy atom. The van der Waals surface area contributed by atoms with Crippen molar-refractivity contribution in [3.05, 3.63) is 36.2 Å². The highest BCUT2D eigenvalue weighted by Gasteiger charge is 2.37. The van der Waals surface area contributed by atoms with E-state index in [-0.39, 0.29) is 5.91 Å². The van der Waals surface area contributed by atoms with Crippen LogP contribution in [0.4, 0.5) is 0 Å². The van der Waals surface area contributed by atoms with Crippen LogP contribution in [0.1, 0.15) is 23.3 Å². The van der Waals surface area contributed by atoms with Crippen molar-refractivity contribution in [2.75, 3.05) is 0 Å². The Kier molecular flexibility index (Phi) is 2.13. The zero-order chi connectivity index (χ0) is 11.0. The monoisotopic (exact) mass is 215 g/mol. The van der Waals surface area contributed by atoms with Gasteiger partial charge in [-0.25, -0.2) is 5.43 Å². The summed E-state index contributed by atoms with van der Waals surface area (Å²) in [6, 6.07) is 3.53. The van der Waals surface area contributed by atoms with Crippen molar-refractivity contribution >= 4 is 11.6 Å². The molecule has 0 spiro atoms. The lowest BCUT2D eigenvalue weighted by Gasteiger charge is -2.31. The number of nitrogens with one attached hydrogen (secondary N) is 2. The summed E-state index contributed by atoms with van der Waals surface area (Å²) >= 11 is 0. The molecule has 0 unspecified atom stereocenters. The second-order valence-corrected chi connectivity index (χ2v) is 4.27. The van der Waals surface area contributed by atoms with E-state index in [0.717, 1.165) is 18.6 Å². The van der Waals surface area contributed by atoms with Gasteiger partial charge in [-0.15, -0.1) is 0 Å². The minimum absolute atomic E-state index is 0.174. The molecule has 1 amide bonds. The van der Waals surface area contributed by atoms with Crippen molar-refractivity contribution in [1.82, 2.24) is 10.4 Å².